The molecule has 0 fully saturated rings. The molecule has 0 saturated carbocycles. The minimum Gasteiger partial charge on any atom is -0.481 e. The van der Waals surface area contributed by atoms with Crippen LogP contribution in [-0.2, 0) is 94.8 Å². The van der Waals surface area contributed by atoms with Crippen LogP contribution in [0, 0.1) is 16.2 Å². The Morgan fingerprint density at radius 1 is 0.333 bits per heavy atom. The van der Waals surface area contributed by atoms with Crippen molar-refractivity contribution >= 4 is 82.5 Å². The number of aliphatic carboxylic acids is 1. The first kappa shape index (κ1) is 123. The van der Waals surface area contributed by atoms with Gasteiger partial charge in [0.2, 0.25) is 11.8 Å². The highest BCUT2D eigenvalue weighted by Crippen LogP contribution is 2.31. The maximum absolute atomic E-state index is 13.8. The number of esters is 3. The van der Waals surface area contributed by atoms with Gasteiger partial charge in [-0.2, -0.15) is 0 Å². The Morgan fingerprint density at radius 2 is 0.674 bits per heavy atom. The molecule has 794 valence electrons. The SMILES string of the molecule is CC(C)(C)CC[C@H](NC(=O)N[C@@H](CCCCn1cc(CNC(=O)CCCCCCC(=O)CCCCCCC(=O)CCCCCCC(=O)c2cc(C(=O)CCCCCCC(=O)CCCCCCC(=O)CCCCCCC(=O)NCc3cn(CCCC[C@H](NC(=O)N[C@@H](CCC(=O)OC(C)(C)C)C(=O)OC(C)(C)C)C(C)(C)C)nn3)cc(-n3cc(CCCCC(=O)O)nn3)c2)nn1)C(=O)OC(C)(C)C)C(C)(C)C. The van der Waals surface area contributed by atoms with Crippen LogP contribution in [0.25, 0.3) is 5.69 Å². The predicted molar refractivity (Wildman–Crippen MR) is 546 cm³/mol. The molecular formula is C108H179N15O18. The maximum Gasteiger partial charge on any atom is 0.329 e. The Bertz CT molecular complexity index is 4470. The van der Waals surface area contributed by atoms with Gasteiger partial charge in [0, 0.05) is 126 Å². The van der Waals surface area contributed by atoms with E-state index in [9.17, 15) is 67.1 Å². The molecule has 33 heteroatoms. The molecule has 0 aliphatic rings. The predicted octanol–water partition coefficient (Wildman–Crippen LogP) is 20.7. The Kier molecular flexibility index (Phi) is 57.1. The number of hydrogen-bond acceptors (Lipinski definition) is 23. The minimum absolute atomic E-state index is 0.0157. The summed E-state index contributed by atoms with van der Waals surface area (Å²) in [5.74, 6) is -1.90. The lowest BCUT2D eigenvalue weighted by Crippen LogP contribution is -2.53. The molecule has 3 aromatic heterocycles. The number of Topliss-reactive ketones (excluding diaryl/α,β-unsaturated/α-hetero) is 6. The van der Waals surface area contributed by atoms with Crippen LogP contribution in [0.5, 0.6) is 0 Å². The lowest BCUT2D eigenvalue weighted by molar-refractivity contribution is -0.159. The summed E-state index contributed by atoms with van der Waals surface area (Å²) >= 11 is 0. The Labute approximate surface area is 841 Å². The van der Waals surface area contributed by atoms with Gasteiger partial charge in [-0.1, -0.05) is 155 Å². The number of benzene rings is 1. The quantitative estimate of drug-likeness (QED) is 0.00934. The number of carbonyl (C=O) groups excluding carboxylic acids is 13. The molecule has 33 nitrogen and oxygen atoms in total. The van der Waals surface area contributed by atoms with E-state index < -0.39 is 64.8 Å². The molecule has 4 aromatic rings. The molecule has 3 heterocycles. The van der Waals surface area contributed by atoms with Crippen LogP contribution in [0.1, 0.15) is 477 Å². The van der Waals surface area contributed by atoms with Crippen molar-refractivity contribution in [1.82, 2.24) is 76.9 Å². The number of ketones is 6. The van der Waals surface area contributed by atoms with Gasteiger partial charge in [0.1, 0.15) is 63.4 Å². The number of aryl methyl sites for hydroxylation is 3. The van der Waals surface area contributed by atoms with Gasteiger partial charge in [-0.15, -0.1) is 15.3 Å². The first-order valence-corrected chi connectivity index (χ1v) is 52.9. The van der Waals surface area contributed by atoms with Crippen LogP contribution in [0.15, 0.2) is 36.8 Å². The normalized spacial score (nSPS) is 12.9. The number of aromatic nitrogens is 9. The van der Waals surface area contributed by atoms with E-state index in [1.807, 2.05) is 27.0 Å². The van der Waals surface area contributed by atoms with E-state index in [-0.39, 0.29) is 120 Å². The molecular weight excluding hydrogens is 1800 g/mol. The number of unbranched alkanes of at least 4 members (excludes halogenated alkanes) is 21. The van der Waals surface area contributed by atoms with Crippen molar-refractivity contribution in [1.29, 1.82) is 0 Å². The fourth-order valence-corrected chi connectivity index (χ4v) is 16.3. The largest absolute Gasteiger partial charge is 0.481 e. The van der Waals surface area contributed by atoms with Crippen LogP contribution in [0.4, 0.5) is 9.59 Å². The topological polar surface area (TPSA) is 451 Å². The third kappa shape index (κ3) is 60.3. The summed E-state index contributed by atoms with van der Waals surface area (Å²) in [6.45, 7) is 36.5. The summed E-state index contributed by atoms with van der Waals surface area (Å²) in [5.41, 5.74) is 0.682. The third-order valence-electron chi connectivity index (χ3n) is 24.5. The average molecular weight is 1980 g/mol. The second-order valence-corrected chi connectivity index (χ2v) is 45.0. The van der Waals surface area contributed by atoms with Crippen molar-refractivity contribution in [2.24, 2.45) is 16.2 Å². The molecule has 0 bridgehead atoms. The van der Waals surface area contributed by atoms with Crippen LogP contribution < -0.4 is 31.9 Å². The standard InChI is InChI=1S/C108H179N15O18/c1-103(2,3)68-67-94(105(7,8)9)114-101(137)111-89(99(135)140-107(13,14)15)58-45-47-69-121-76-82(116-118-121)74-109-95(130)62-41-29-25-37-56-87(126)52-33-21-19-31-50-85(124)54-35-23-27-39-59-91(128)79-71-80(73-84(72-79)123-78-81(115-120-123)49-43-44-64-97(132)133)92(129)60-40-28-24-36-55-86(125)51-32-20-22-34-53-88(127)57-38-26-30-42-63-96(131)110-75-83-77-122(119-117-83)70-48-46-61-93(104(4,5)6)113-102(138)112-90(100(136)141-108(16,17)18)65-66-98(134)139-106(10,11)12/h71-73,76-78,89-90,93-94H,19-70,74-75H2,1-18H3,(H,109,130)(H,110,131)(H,132,133)(H2,111,114,137)(H2,112,113,138)/t89-,90-,93-,94-/m0/s1. The number of rotatable bonds is 75. The van der Waals surface area contributed by atoms with Crippen molar-refractivity contribution in [2.75, 3.05) is 0 Å². The number of urea groups is 2. The van der Waals surface area contributed by atoms with Crippen molar-refractivity contribution in [3.8, 4) is 5.69 Å². The molecule has 0 aliphatic heterocycles. The van der Waals surface area contributed by atoms with E-state index in [1.54, 1.807) is 107 Å². The number of carbonyl (C=O) groups is 14. The van der Waals surface area contributed by atoms with E-state index in [0.717, 1.165) is 154 Å². The van der Waals surface area contributed by atoms with E-state index in [1.165, 1.54) is 0 Å². The van der Waals surface area contributed by atoms with Crippen molar-refractivity contribution in [3.63, 3.8) is 0 Å². The van der Waals surface area contributed by atoms with Gasteiger partial charge in [0.25, 0.3) is 0 Å². The summed E-state index contributed by atoms with van der Waals surface area (Å²) in [4.78, 5) is 181. The van der Waals surface area contributed by atoms with Gasteiger partial charge in [-0.3, -0.25) is 57.3 Å². The highest BCUT2D eigenvalue weighted by molar-refractivity contribution is 6.02. The fraction of sp³-hybridized carbons (Fsp3) is 0.759. The van der Waals surface area contributed by atoms with Crippen molar-refractivity contribution in [2.45, 2.75) is 513 Å². The average Bonchev–Trinajstić information content (AvgIpc) is 1.74. The van der Waals surface area contributed by atoms with Crippen molar-refractivity contribution < 1.29 is 86.4 Å². The summed E-state index contributed by atoms with van der Waals surface area (Å²) in [7, 11) is 0. The summed E-state index contributed by atoms with van der Waals surface area (Å²) < 4.78 is 21.7. The highest BCUT2D eigenvalue weighted by Gasteiger charge is 2.35. The molecule has 4 atom stereocenters. The molecule has 0 radical (unpaired) electrons. The Balaban J connectivity index is 1.01. The Hall–Kier alpha value is -9.98. The summed E-state index contributed by atoms with van der Waals surface area (Å²) in [6, 6.07) is 1.97. The monoisotopic (exact) mass is 1970 g/mol. The van der Waals surface area contributed by atoms with Gasteiger partial charge in [-0.25, -0.2) is 23.9 Å². The summed E-state index contributed by atoms with van der Waals surface area (Å²) in [6.07, 6.45) is 36.8. The molecule has 0 saturated heterocycles. The number of carboxylic acid groups (broad SMARTS) is 1. The third-order valence-corrected chi connectivity index (χ3v) is 24.5. The van der Waals surface area contributed by atoms with Crippen LogP contribution in [0.2, 0.25) is 0 Å². The lowest BCUT2D eigenvalue weighted by Gasteiger charge is -2.34. The fourth-order valence-electron chi connectivity index (χ4n) is 16.3. The van der Waals surface area contributed by atoms with Gasteiger partial charge in [-0.05, 0) is 251 Å². The summed E-state index contributed by atoms with van der Waals surface area (Å²) in [5, 5.41) is 52.3. The number of nitrogens with one attached hydrogen (secondary N) is 6. The molecule has 141 heavy (non-hydrogen) atoms. The molecule has 0 spiro atoms. The minimum atomic E-state index is -1.06. The van der Waals surface area contributed by atoms with E-state index in [2.05, 4.69) is 104 Å². The smallest absolute Gasteiger partial charge is 0.329 e. The van der Waals surface area contributed by atoms with Gasteiger partial charge < -0.3 is 51.2 Å². The number of ether oxygens (including phenoxy) is 3. The highest BCUT2D eigenvalue weighted by atomic mass is 16.6. The zero-order valence-electron chi connectivity index (χ0n) is 89.4. The van der Waals surface area contributed by atoms with Gasteiger partial charge >= 0.3 is 35.9 Å². The number of amides is 6. The van der Waals surface area contributed by atoms with Gasteiger partial charge in [0.15, 0.2) is 11.6 Å². The Morgan fingerprint density at radius 3 is 1.04 bits per heavy atom. The van der Waals surface area contributed by atoms with Crippen LogP contribution in [-0.4, -0.2) is 174 Å². The molecule has 7 N–H and O–H groups in total. The number of hydrogen-bond donors (Lipinski definition) is 7. The van der Waals surface area contributed by atoms with Crippen molar-refractivity contribution in [3.05, 3.63) is 65.0 Å². The lowest BCUT2D eigenvalue weighted by atomic mass is 9.80. The molecule has 0 aliphatic carbocycles. The van der Waals surface area contributed by atoms with E-state index >= 15 is 0 Å². The number of carboxylic acids is 1. The first-order chi connectivity index (χ1) is 66.4. The van der Waals surface area contributed by atoms with E-state index in [0.29, 0.717) is 182 Å². The number of nitrogens with zero attached hydrogens (tertiary/aromatic N) is 9. The molecule has 1 aromatic carbocycles. The first-order valence-electron chi connectivity index (χ1n) is 52.9. The molecule has 4 rings (SSSR count). The second kappa shape index (κ2) is 65.3. The zero-order chi connectivity index (χ0) is 105. The molecule has 0 unspecified atom stereocenters. The van der Waals surface area contributed by atoms with Gasteiger partial charge in [0.05, 0.1) is 43.1 Å². The van der Waals surface area contributed by atoms with Crippen LogP contribution in [0.3, 0.4) is 0 Å². The zero-order valence-corrected chi connectivity index (χ0v) is 89.4. The maximum atomic E-state index is 13.8. The van der Waals surface area contributed by atoms with E-state index in [4.69, 9.17) is 19.3 Å². The molecule has 6 amide bonds. The second-order valence-electron chi connectivity index (χ2n) is 45.0. The van der Waals surface area contributed by atoms with Crippen LogP contribution >= 0.6 is 0 Å².